The van der Waals surface area contributed by atoms with Crippen LogP contribution in [0.15, 0.2) is 24.8 Å². The van der Waals surface area contributed by atoms with E-state index in [1.54, 1.807) is 14.0 Å². The summed E-state index contributed by atoms with van der Waals surface area (Å²) in [4.78, 5) is 22.2. The normalized spacial score (nSPS) is 15.4. The van der Waals surface area contributed by atoms with E-state index in [-0.39, 0.29) is 18.0 Å². The quantitative estimate of drug-likeness (QED) is 0.414. The minimum Gasteiger partial charge on any atom is -0.495 e. The second-order valence-electron chi connectivity index (χ2n) is 9.60. The fraction of sp³-hybridized carbons (Fsp3) is 0.423. The molecular formula is C26H31ClN8O2. The second kappa shape index (κ2) is 9.66. The van der Waals surface area contributed by atoms with Gasteiger partial charge < -0.3 is 15.4 Å². The van der Waals surface area contributed by atoms with Crippen molar-refractivity contribution in [1.82, 2.24) is 34.4 Å². The molecule has 0 spiro atoms. The molecule has 1 atom stereocenters. The van der Waals surface area contributed by atoms with Crippen LogP contribution in [0, 0.1) is 13.8 Å². The van der Waals surface area contributed by atoms with Crippen molar-refractivity contribution in [3.05, 3.63) is 46.6 Å². The van der Waals surface area contributed by atoms with Crippen LogP contribution in [0.3, 0.4) is 0 Å². The summed E-state index contributed by atoms with van der Waals surface area (Å²) in [6.07, 6.45) is 7.14. The molecule has 11 heteroatoms. The molecule has 0 aliphatic carbocycles. The molecule has 1 aromatic carbocycles. The molecule has 1 aliphatic heterocycles. The molecule has 194 valence electrons. The highest BCUT2D eigenvalue weighted by atomic mass is 35.5. The summed E-state index contributed by atoms with van der Waals surface area (Å²) in [6.45, 7) is 9.02. The van der Waals surface area contributed by atoms with Gasteiger partial charge in [-0.05, 0) is 50.8 Å². The van der Waals surface area contributed by atoms with Gasteiger partial charge in [0.2, 0.25) is 5.91 Å². The van der Waals surface area contributed by atoms with Gasteiger partial charge in [-0.2, -0.15) is 10.2 Å². The van der Waals surface area contributed by atoms with Crippen LogP contribution >= 0.6 is 11.6 Å². The Balaban J connectivity index is 1.54. The van der Waals surface area contributed by atoms with Crippen LogP contribution in [-0.2, 0) is 4.79 Å². The molecule has 1 saturated heterocycles. The van der Waals surface area contributed by atoms with Crippen molar-refractivity contribution in [3.8, 4) is 16.9 Å². The topological polar surface area (TPSA) is 117 Å². The van der Waals surface area contributed by atoms with E-state index in [0.29, 0.717) is 22.2 Å². The number of carbonyl (C=O) groups is 1. The average Bonchev–Trinajstić information content (AvgIpc) is 3.51. The molecule has 3 aromatic heterocycles. The number of hydrogen-bond acceptors (Lipinski definition) is 7. The highest BCUT2D eigenvalue weighted by Gasteiger charge is 2.26. The number of piperidine rings is 1. The zero-order valence-electron chi connectivity index (χ0n) is 21.7. The number of benzene rings is 1. The summed E-state index contributed by atoms with van der Waals surface area (Å²) in [5.74, 6) is 1.12. The molecule has 2 N–H and O–H groups in total. The number of amides is 1. The van der Waals surface area contributed by atoms with Gasteiger partial charge in [-0.25, -0.2) is 14.6 Å². The van der Waals surface area contributed by atoms with Gasteiger partial charge in [0.1, 0.15) is 17.9 Å². The second-order valence-corrected chi connectivity index (χ2v) is 9.97. The number of halogens is 1. The van der Waals surface area contributed by atoms with Gasteiger partial charge in [0.15, 0.2) is 5.65 Å². The lowest BCUT2D eigenvalue weighted by Gasteiger charge is -2.31. The van der Waals surface area contributed by atoms with E-state index in [9.17, 15) is 4.79 Å². The Hall–Kier alpha value is -3.66. The van der Waals surface area contributed by atoms with Gasteiger partial charge in [0.05, 0.1) is 41.5 Å². The maximum Gasteiger partial charge on any atom is 0.219 e. The predicted octanol–water partition coefficient (Wildman–Crippen LogP) is 4.34. The monoisotopic (exact) mass is 522 g/mol. The molecule has 0 bridgehead atoms. The van der Waals surface area contributed by atoms with Crippen LogP contribution in [0.1, 0.15) is 55.6 Å². The maximum absolute atomic E-state index is 11.7. The zero-order chi connectivity index (χ0) is 26.4. The molecule has 4 heterocycles. The van der Waals surface area contributed by atoms with Crippen molar-refractivity contribution in [2.24, 2.45) is 0 Å². The van der Waals surface area contributed by atoms with Crippen molar-refractivity contribution in [1.29, 1.82) is 0 Å². The van der Waals surface area contributed by atoms with Gasteiger partial charge in [-0.3, -0.25) is 9.48 Å². The van der Waals surface area contributed by atoms with Gasteiger partial charge in [-0.1, -0.05) is 11.6 Å². The number of nitrogens with zero attached hydrogens (tertiary/aromatic N) is 7. The van der Waals surface area contributed by atoms with Crippen molar-refractivity contribution < 1.29 is 9.53 Å². The first-order chi connectivity index (χ1) is 17.7. The number of nitrogen functional groups attached to an aromatic ring is 1. The fourth-order valence-corrected chi connectivity index (χ4v) is 5.54. The summed E-state index contributed by atoms with van der Waals surface area (Å²) in [7, 11) is 1.62. The van der Waals surface area contributed by atoms with E-state index >= 15 is 0 Å². The number of aryl methyl sites for hydroxylation is 1. The third-order valence-electron chi connectivity index (χ3n) is 7.41. The Bertz CT molecular complexity index is 1490. The first-order valence-electron chi connectivity index (χ1n) is 12.3. The minimum atomic E-state index is -0.247. The Morgan fingerprint density at radius 1 is 1.24 bits per heavy atom. The van der Waals surface area contributed by atoms with Gasteiger partial charge in [0, 0.05) is 37.3 Å². The number of anilines is 1. The van der Waals surface area contributed by atoms with Crippen LogP contribution in [0.2, 0.25) is 5.02 Å². The lowest BCUT2D eigenvalue weighted by molar-refractivity contribution is -0.130. The maximum atomic E-state index is 11.7. The van der Waals surface area contributed by atoms with Crippen molar-refractivity contribution in [2.75, 3.05) is 25.9 Å². The van der Waals surface area contributed by atoms with Crippen molar-refractivity contribution in [2.45, 2.75) is 52.6 Å². The van der Waals surface area contributed by atoms with Gasteiger partial charge >= 0.3 is 0 Å². The number of methoxy groups -OCH3 is 1. The van der Waals surface area contributed by atoms with E-state index < -0.39 is 0 Å². The summed E-state index contributed by atoms with van der Waals surface area (Å²) in [5, 5.41) is 10.7. The fourth-order valence-electron chi connectivity index (χ4n) is 5.26. The number of fused-ring (bicyclic) bond motifs is 1. The van der Waals surface area contributed by atoms with E-state index in [4.69, 9.17) is 27.2 Å². The molecule has 1 fully saturated rings. The number of likely N-dealkylation sites (tertiary alicyclic amines) is 1. The molecular weight excluding hydrogens is 492 g/mol. The van der Waals surface area contributed by atoms with Crippen LogP contribution < -0.4 is 10.5 Å². The Kier molecular flexibility index (Phi) is 6.53. The van der Waals surface area contributed by atoms with E-state index in [1.165, 1.54) is 6.33 Å². The summed E-state index contributed by atoms with van der Waals surface area (Å²) < 4.78 is 9.63. The molecule has 1 amide bonds. The van der Waals surface area contributed by atoms with Gasteiger partial charge in [-0.15, -0.1) is 0 Å². The number of rotatable bonds is 5. The highest BCUT2D eigenvalue weighted by molar-refractivity contribution is 6.33. The number of ether oxygens (including phenoxy) is 1. The van der Waals surface area contributed by atoms with Crippen LogP contribution in [0.5, 0.6) is 5.75 Å². The first-order valence-corrected chi connectivity index (χ1v) is 12.7. The van der Waals surface area contributed by atoms with Crippen LogP contribution in [0.4, 0.5) is 5.82 Å². The molecule has 4 aromatic rings. The summed E-state index contributed by atoms with van der Waals surface area (Å²) in [5.41, 5.74) is 11.3. The molecule has 0 saturated carbocycles. The molecule has 5 rings (SSSR count). The van der Waals surface area contributed by atoms with Crippen LogP contribution in [0.25, 0.3) is 22.2 Å². The largest absolute Gasteiger partial charge is 0.495 e. The van der Waals surface area contributed by atoms with E-state index in [0.717, 1.165) is 59.3 Å². The Morgan fingerprint density at radius 2 is 1.97 bits per heavy atom. The lowest BCUT2D eigenvalue weighted by Crippen LogP contribution is -2.37. The van der Waals surface area contributed by atoms with E-state index in [2.05, 4.69) is 27.3 Å². The Morgan fingerprint density at radius 3 is 2.65 bits per heavy atom. The van der Waals surface area contributed by atoms with Gasteiger partial charge in [0.25, 0.3) is 0 Å². The summed E-state index contributed by atoms with van der Waals surface area (Å²) >= 11 is 6.87. The molecule has 1 unspecified atom stereocenters. The highest BCUT2D eigenvalue weighted by Crippen LogP contribution is 2.42. The zero-order valence-corrected chi connectivity index (χ0v) is 22.5. The number of carbonyl (C=O) groups excluding carboxylic acids is 1. The average molecular weight is 523 g/mol. The first kappa shape index (κ1) is 25.0. The number of aromatic nitrogens is 6. The standard InChI is InChI=1S/C26H31ClN8O2/c1-14-20(18-11-31-34(12-18)19-6-8-33(9-7-19)17(4)36)10-21(24(37-5)23(14)27)16(3)35-26-22(15(2)32-35)25(28)29-13-30-26/h10-13,16,19H,6-9H2,1-5H3,(H2,28,29,30). The SMILES string of the molecule is COc1c(C(C)n2nc(C)c3c(N)ncnc32)cc(-c2cnn(C3CCN(C(C)=O)CC3)c2)c(C)c1Cl. The summed E-state index contributed by atoms with van der Waals surface area (Å²) in [6, 6.07) is 2.10. The predicted molar refractivity (Wildman–Crippen MR) is 143 cm³/mol. The molecule has 0 radical (unpaired) electrons. The number of hydrogen-bond donors (Lipinski definition) is 1. The van der Waals surface area contributed by atoms with E-state index in [1.807, 2.05) is 41.2 Å². The number of nitrogens with two attached hydrogens (primary N) is 1. The van der Waals surface area contributed by atoms with Crippen molar-refractivity contribution in [3.63, 3.8) is 0 Å². The van der Waals surface area contributed by atoms with Crippen LogP contribution in [-0.4, -0.2) is 60.5 Å². The Labute approximate surface area is 220 Å². The molecule has 10 nitrogen and oxygen atoms in total. The molecule has 37 heavy (non-hydrogen) atoms. The van der Waals surface area contributed by atoms with Crippen molar-refractivity contribution >= 4 is 34.4 Å². The smallest absolute Gasteiger partial charge is 0.219 e. The lowest BCUT2D eigenvalue weighted by atomic mass is 9.96. The third-order valence-corrected chi connectivity index (χ3v) is 7.86. The molecule has 1 aliphatic rings. The third kappa shape index (κ3) is 4.29. The minimum absolute atomic E-state index is 0.124.